The lowest BCUT2D eigenvalue weighted by Gasteiger charge is -2.08. The van der Waals surface area contributed by atoms with Gasteiger partial charge in [-0.2, -0.15) is 0 Å². The van der Waals surface area contributed by atoms with E-state index in [1.165, 1.54) is 16.7 Å². The number of imidazole rings is 1. The Labute approximate surface area is 148 Å². The van der Waals surface area contributed by atoms with Crippen molar-refractivity contribution in [3.05, 3.63) is 83.4 Å². The molecule has 1 N–H and O–H groups in total. The highest BCUT2D eigenvalue weighted by molar-refractivity contribution is 5.76. The Hall–Kier alpha value is -2.88. The van der Waals surface area contributed by atoms with Crippen molar-refractivity contribution in [3.8, 4) is 5.69 Å². The average molecular weight is 333 g/mol. The summed E-state index contributed by atoms with van der Waals surface area (Å²) in [6.07, 6.45) is 6.71. The second-order valence-electron chi connectivity index (χ2n) is 6.33. The molecule has 0 aliphatic carbocycles. The fraction of sp³-hybridized carbons (Fsp3) is 0.238. The zero-order chi connectivity index (χ0) is 17.6. The van der Waals surface area contributed by atoms with Crippen LogP contribution in [0.25, 0.3) is 5.69 Å². The molecule has 0 atom stereocenters. The van der Waals surface area contributed by atoms with Gasteiger partial charge in [0, 0.05) is 31.0 Å². The summed E-state index contributed by atoms with van der Waals surface area (Å²) in [7, 11) is 0. The minimum Gasteiger partial charge on any atom is -0.352 e. The molecule has 3 rings (SSSR count). The van der Waals surface area contributed by atoms with Crippen LogP contribution in [0.2, 0.25) is 0 Å². The van der Waals surface area contributed by atoms with E-state index >= 15 is 0 Å². The van der Waals surface area contributed by atoms with Crippen LogP contribution in [-0.2, 0) is 17.8 Å². The minimum atomic E-state index is 0.0805. The van der Waals surface area contributed by atoms with Gasteiger partial charge in [-0.3, -0.25) is 4.79 Å². The second kappa shape index (κ2) is 7.79. The summed E-state index contributed by atoms with van der Waals surface area (Å²) in [5.41, 5.74) is 5.91. The molecular weight excluding hydrogens is 310 g/mol. The van der Waals surface area contributed by atoms with E-state index in [9.17, 15) is 4.79 Å². The van der Waals surface area contributed by atoms with Gasteiger partial charge in [0.25, 0.3) is 0 Å². The SMILES string of the molecule is Cc1ccc(CCC(=O)NCc2ccc(-n3ccnc3)cc2)cc1C. The average Bonchev–Trinajstić information content (AvgIpc) is 3.16. The van der Waals surface area contributed by atoms with Crippen LogP contribution in [0, 0.1) is 13.8 Å². The monoisotopic (exact) mass is 333 g/mol. The van der Waals surface area contributed by atoms with E-state index in [1.807, 2.05) is 35.0 Å². The highest BCUT2D eigenvalue weighted by Gasteiger charge is 2.04. The molecule has 2 aromatic carbocycles. The van der Waals surface area contributed by atoms with E-state index in [0.717, 1.165) is 17.7 Å². The molecule has 25 heavy (non-hydrogen) atoms. The van der Waals surface area contributed by atoms with Crippen LogP contribution < -0.4 is 5.32 Å². The van der Waals surface area contributed by atoms with Gasteiger partial charge < -0.3 is 9.88 Å². The Bertz CT molecular complexity index is 836. The molecule has 0 radical (unpaired) electrons. The van der Waals surface area contributed by atoms with Crippen molar-refractivity contribution in [2.45, 2.75) is 33.2 Å². The fourth-order valence-corrected chi connectivity index (χ4v) is 2.70. The van der Waals surface area contributed by atoms with Gasteiger partial charge in [-0.15, -0.1) is 0 Å². The summed E-state index contributed by atoms with van der Waals surface area (Å²) in [4.78, 5) is 16.1. The van der Waals surface area contributed by atoms with Crippen molar-refractivity contribution in [1.29, 1.82) is 0 Å². The van der Waals surface area contributed by atoms with Crippen molar-refractivity contribution in [3.63, 3.8) is 0 Å². The number of aromatic nitrogens is 2. The highest BCUT2D eigenvalue weighted by atomic mass is 16.1. The third kappa shape index (κ3) is 4.57. The molecule has 1 aromatic heterocycles. The third-order valence-corrected chi connectivity index (χ3v) is 4.44. The molecule has 1 heterocycles. The molecule has 128 valence electrons. The fourth-order valence-electron chi connectivity index (χ4n) is 2.70. The van der Waals surface area contributed by atoms with Crippen molar-refractivity contribution in [2.75, 3.05) is 0 Å². The van der Waals surface area contributed by atoms with Crippen LogP contribution in [0.5, 0.6) is 0 Å². The molecular formula is C21H23N3O. The minimum absolute atomic E-state index is 0.0805. The predicted molar refractivity (Wildman–Crippen MR) is 99.6 cm³/mol. The van der Waals surface area contributed by atoms with Crippen molar-refractivity contribution < 1.29 is 4.79 Å². The van der Waals surface area contributed by atoms with Gasteiger partial charge in [0.1, 0.15) is 0 Å². The van der Waals surface area contributed by atoms with E-state index in [4.69, 9.17) is 0 Å². The van der Waals surface area contributed by atoms with E-state index in [1.54, 1.807) is 12.5 Å². The topological polar surface area (TPSA) is 46.9 Å². The second-order valence-corrected chi connectivity index (χ2v) is 6.33. The van der Waals surface area contributed by atoms with E-state index in [2.05, 4.69) is 42.3 Å². The predicted octanol–water partition coefficient (Wildman–Crippen LogP) is 3.74. The Morgan fingerprint density at radius 3 is 2.48 bits per heavy atom. The zero-order valence-corrected chi connectivity index (χ0v) is 14.7. The number of carbonyl (C=O) groups excluding carboxylic acids is 1. The summed E-state index contributed by atoms with van der Waals surface area (Å²) in [5, 5.41) is 2.99. The number of amides is 1. The van der Waals surface area contributed by atoms with Gasteiger partial charge in [-0.05, 0) is 54.7 Å². The van der Waals surface area contributed by atoms with Crippen LogP contribution >= 0.6 is 0 Å². The first-order valence-electron chi connectivity index (χ1n) is 8.52. The van der Waals surface area contributed by atoms with Gasteiger partial charge in [0.05, 0.1) is 6.33 Å². The molecule has 3 aromatic rings. The van der Waals surface area contributed by atoms with E-state index in [-0.39, 0.29) is 5.91 Å². The van der Waals surface area contributed by atoms with E-state index < -0.39 is 0 Å². The Kier molecular flexibility index (Phi) is 5.29. The lowest BCUT2D eigenvalue weighted by molar-refractivity contribution is -0.121. The molecule has 0 bridgehead atoms. The van der Waals surface area contributed by atoms with Crippen LogP contribution in [0.1, 0.15) is 28.7 Å². The maximum atomic E-state index is 12.1. The lowest BCUT2D eigenvalue weighted by Crippen LogP contribution is -2.23. The Balaban J connectivity index is 1.48. The van der Waals surface area contributed by atoms with Gasteiger partial charge in [-0.1, -0.05) is 30.3 Å². The van der Waals surface area contributed by atoms with Gasteiger partial charge >= 0.3 is 0 Å². The molecule has 0 unspecified atom stereocenters. The summed E-state index contributed by atoms with van der Waals surface area (Å²) < 4.78 is 1.95. The first-order chi connectivity index (χ1) is 12.1. The first-order valence-corrected chi connectivity index (χ1v) is 8.52. The standard InChI is InChI=1S/C21H23N3O/c1-16-3-4-18(13-17(16)2)7-10-21(25)23-14-19-5-8-20(9-6-19)24-12-11-22-15-24/h3-6,8-9,11-13,15H,7,10,14H2,1-2H3,(H,23,25). The van der Waals surface area contributed by atoms with E-state index in [0.29, 0.717) is 13.0 Å². The Morgan fingerprint density at radius 2 is 1.80 bits per heavy atom. The molecule has 0 aliphatic heterocycles. The molecule has 0 saturated carbocycles. The van der Waals surface area contributed by atoms with Crippen molar-refractivity contribution >= 4 is 5.91 Å². The number of rotatable bonds is 6. The highest BCUT2D eigenvalue weighted by Crippen LogP contribution is 2.12. The maximum Gasteiger partial charge on any atom is 0.220 e. The van der Waals surface area contributed by atoms with Crippen LogP contribution in [-0.4, -0.2) is 15.5 Å². The number of carbonyl (C=O) groups is 1. The smallest absolute Gasteiger partial charge is 0.220 e. The molecule has 0 spiro atoms. The molecule has 0 aliphatic rings. The molecule has 1 amide bonds. The van der Waals surface area contributed by atoms with Crippen LogP contribution in [0.3, 0.4) is 0 Å². The number of hydrogen-bond donors (Lipinski definition) is 1. The number of hydrogen-bond acceptors (Lipinski definition) is 2. The van der Waals surface area contributed by atoms with Gasteiger partial charge in [0.2, 0.25) is 5.91 Å². The normalized spacial score (nSPS) is 10.6. The maximum absolute atomic E-state index is 12.1. The molecule has 4 heteroatoms. The summed E-state index contributed by atoms with van der Waals surface area (Å²) in [6, 6.07) is 14.5. The zero-order valence-electron chi connectivity index (χ0n) is 14.7. The number of aryl methyl sites for hydroxylation is 3. The van der Waals surface area contributed by atoms with Crippen molar-refractivity contribution in [2.24, 2.45) is 0 Å². The molecule has 0 saturated heterocycles. The third-order valence-electron chi connectivity index (χ3n) is 4.44. The number of nitrogens with one attached hydrogen (secondary N) is 1. The quantitative estimate of drug-likeness (QED) is 0.747. The largest absolute Gasteiger partial charge is 0.352 e. The summed E-state index contributed by atoms with van der Waals surface area (Å²) >= 11 is 0. The molecule has 4 nitrogen and oxygen atoms in total. The van der Waals surface area contributed by atoms with Gasteiger partial charge in [-0.25, -0.2) is 4.98 Å². The Morgan fingerprint density at radius 1 is 1.04 bits per heavy atom. The van der Waals surface area contributed by atoms with Crippen molar-refractivity contribution in [1.82, 2.24) is 14.9 Å². The first kappa shape index (κ1) is 17.0. The lowest BCUT2D eigenvalue weighted by atomic mass is 10.0. The number of benzene rings is 2. The van der Waals surface area contributed by atoms with Crippen LogP contribution in [0.4, 0.5) is 0 Å². The van der Waals surface area contributed by atoms with Gasteiger partial charge in [0.15, 0.2) is 0 Å². The molecule has 0 fully saturated rings. The number of nitrogens with zero attached hydrogens (tertiary/aromatic N) is 2. The summed E-state index contributed by atoms with van der Waals surface area (Å²) in [6.45, 7) is 4.76. The van der Waals surface area contributed by atoms with Crippen LogP contribution in [0.15, 0.2) is 61.2 Å². The summed E-state index contributed by atoms with van der Waals surface area (Å²) in [5.74, 6) is 0.0805.